The number of halogens is 1. The molecule has 4 heterocycles. The van der Waals surface area contributed by atoms with Crippen LogP contribution < -0.4 is 4.90 Å². The smallest absolute Gasteiger partial charge is 0.322 e. The van der Waals surface area contributed by atoms with Gasteiger partial charge in [-0.2, -0.15) is 4.98 Å². The molecule has 4 rings (SSSR count). The molecule has 7 nitrogen and oxygen atoms in total. The summed E-state index contributed by atoms with van der Waals surface area (Å²) in [5.41, 5.74) is 1.73. The van der Waals surface area contributed by atoms with Crippen molar-refractivity contribution in [2.24, 2.45) is 0 Å². The van der Waals surface area contributed by atoms with Crippen LogP contribution >= 0.6 is 11.3 Å². The first-order chi connectivity index (χ1) is 11.7. The van der Waals surface area contributed by atoms with E-state index >= 15 is 0 Å². The Kier molecular flexibility index (Phi) is 4.35. The van der Waals surface area contributed by atoms with Crippen molar-refractivity contribution >= 4 is 39.4 Å². The third-order valence-electron chi connectivity index (χ3n) is 3.74. The molecule has 3 aromatic heterocycles. The zero-order valence-electron chi connectivity index (χ0n) is 12.6. The van der Waals surface area contributed by atoms with Crippen LogP contribution in [0.2, 0.25) is 0 Å². The number of anilines is 1. The van der Waals surface area contributed by atoms with Gasteiger partial charge in [-0.1, -0.05) is 0 Å². The van der Waals surface area contributed by atoms with Gasteiger partial charge in [0, 0.05) is 35.0 Å². The Labute approximate surface area is 144 Å². The molecular formula is C14H14FN5O2S2. The zero-order valence-corrected chi connectivity index (χ0v) is 14.2. The molecule has 3 aromatic rings. The SMILES string of the molecule is [O-][S+](Cc1ncnc(N2CCOCC2)c1F)c1nc2cscc2[nH]1. The highest BCUT2D eigenvalue weighted by atomic mass is 32.2. The van der Waals surface area contributed by atoms with Crippen LogP contribution in [0.5, 0.6) is 0 Å². The van der Waals surface area contributed by atoms with Crippen LogP contribution in [0.4, 0.5) is 10.2 Å². The van der Waals surface area contributed by atoms with Gasteiger partial charge in [-0.15, -0.1) is 11.3 Å². The number of morpholine rings is 1. The van der Waals surface area contributed by atoms with Crippen LogP contribution in [0.25, 0.3) is 11.0 Å². The van der Waals surface area contributed by atoms with Crippen molar-refractivity contribution in [1.29, 1.82) is 0 Å². The molecular weight excluding hydrogens is 353 g/mol. The first kappa shape index (κ1) is 15.8. The highest BCUT2D eigenvalue weighted by molar-refractivity contribution is 7.90. The second-order valence-corrected chi connectivity index (χ2v) is 7.37. The van der Waals surface area contributed by atoms with Crippen LogP contribution in [-0.2, 0) is 21.7 Å². The Bertz CT molecular complexity index is 820. The molecule has 1 N–H and O–H groups in total. The van der Waals surface area contributed by atoms with Gasteiger partial charge in [-0.25, -0.2) is 14.4 Å². The normalized spacial score (nSPS) is 16.7. The summed E-state index contributed by atoms with van der Waals surface area (Å²) in [6.07, 6.45) is 1.31. The minimum absolute atomic E-state index is 0.0504. The van der Waals surface area contributed by atoms with Crippen molar-refractivity contribution in [2.45, 2.75) is 10.9 Å². The van der Waals surface area contributed by atoms with Crippen molar-refractivity contribution < 1.29 is 13.7 Å². The van der Waals surface area contributed by atoms with Crippen molar-refractivity contribution in [3.8, 4) is 0 Å². The summed E-state index contributed by atoms with van der Waals surface area (Å²) < 4.78 is 32.5. The maximum Gasteiger partial charge on any atom is 0.322 e. The minimum atomic E-state index is -1.50. The fraction of sp³-hybridized carbons (Fsp3) is 0.357. The van der Waals surface area contributed by atoms with Crippen LogP contribution in [0.3, 0.4) is 0 Å². The maximum atomic E-state index is 14.7. The summed E-state index contributed by atoms with van der Waals surface area (Å²) in [6.45, 7) is 2.22. The van der Waals surface area contributed by atoms with E-state index in [-0.39, 0.29) is 17.3 Å². The lowest BCUT2D eigenvalue weighted by Crippen LogP contribution is -2.37. The van der Waals surface area contributed by atoms with E-state index in [9.17, 15) is 8.94 Å². The van der Waals surface area contributed by atoms with Gasteiger partial charge in [0.2, 0.25) is 0 Å². The van der Waals surface area contributed by atoms with Gasteiger partial charge in [-0.3, -0.25) is 4.98 Å². The van der Waals surface area contributed by atoms with Crippen LogP contribution in [0, 0.1) is 5.82 Å². The van der Waals surface area contributed by atoms with E-state index in [0.29, 0.717) is 31.5 Å². The predicted octanol–water partition coefficient (Wildman–Crippen LogP) is 1.70. The highest BCUT2D eigenvalue weighted by Crippen LogP contribution is 2.24. The average molecular weight is 367 g/mol. The van der Waals surface area contributed by atoms with E-state index in [1.54, 1.807) is 0 Å². The summed E-state index contributed by atoms with van der Waals surface area (Å²) in [5, 5.41) is 4.10. The zero-order chi connectivity index (χ0) is 16.5. The number of aromatic amines is 1. The van der Waals surface area contributed by atoms with Gasteiger partial charge in [0.1, 0.15) is 17.5 Å². The first-order valence-electron chi connectivity index (χ1n) is 7.34. The summed E-state index contributed by atoms with van der Waals surface area (Å²) in [6, 6.07) is 0. The number of fused-ring (bicyclic) bond motifs is 1. The number of hydrogen-bond acceptors (Lipinski definition) is 7. The molecule has 1 fully saturated rings. The van der Waals surface area contributed by atoms with Crippen LogP contribution in [0.15, 0.2) is 22.2 Å². The number of aromatic nitrogens is 4. The third-order valence-corrected chi connectivity index (χ3v) is 5.63. The standard InChI is InChI=1S/C14H14FN5O2S2/c15-12-11(16-8-17-13(12)20-1-3-22-4-2-20)7-24(21)14-18-9-5-23-6-10(9)19-14/h5-6,8H,1-4,7H2,(H,18,19). The second kappa shape index (κ2) is 6.63. The molecule has 10 heteroatoms. The molecule has 1 atom stereocenters. The molecule has 0 aliphatic carbocycles. The Hall–Kier alpha value is -1.75. The fourth-order valence-electron chi connectivity index (χ4n) is 2.52. The van der Waals surface area contributed by atoms with E-state index < -0.39 is 17.0 Å². The molecule has 0 saturated carbocycles. The molecule has 126 valence electrons. The van der Waals surface area contributed by atoms with Gasteiger partial charge in [0.25, 0.3) is 0 Å². The van der Waals surface area contributed by atoms with E-state index in [4.69, 9.17) is 4.74 Å². The summed E-state index contributed by atoms with van der Waals surface area (Å²) >= 11 is 0.0107. The number of rotatable bonds is 4. The van der Waals surface area contributed by atoms with Crippen molar-refractivity contribution in [2.75, 3.05) is 31.2 Å². The number of imidazole rings is 1. The molecule has 0 radical (unpaired) electrons. The molecule has 0 spiro atoms. The summed E-state index contributed by atoms with van der Waals surface area (Å²) in [7, 11) is 0. The van der Waals surface area contributed by atoms with Gasteiger partial charge in [-0.05, 0) is 0 Å². The van der Waals surface area contributed by atoms with E-state index in [1.165, 1.54) is 17.7 Å². The lowest BCUT2D eigenvalue weighted by molar-refractivity contribution is 0.122. The lowest BCUT2D eigenvalue weighted by atomic mass is 10.3. The molecule has 0 bridgehead atoms. The van der Waals surface area contributed by atoms with Crippen LogP contribution in [0.1, 0.15) is 5.69 Å². The number of thiophene rings is 1. The molecule has 0 amide bonds. The molecule has 1 unspecified atom stereocenters. The van der Waals surface area contributed by atoms with E-state index in [0.717, 1.165) is 11.0 Å². The van der Waals surface area contributed by atoms with E-state index in [2.05, 4.69) is 19.9 Å². The molecule has 24 heavy (non-hydrogen) atoms. The monoisotopic (exact) mass is 367 g/mol. The third kappa shape index (κ3) is 2.97. The maximum absolute atomic E-state index is 14.7. The van der Waals surface area contributed by atoms with Gasteiger partial charge < -0.3 is 14.2 Å². The van der Waals surface area contributed by atoms with Crippen molar-refractivity contribution in [3.05, 3.63) is 28.6 Å². The number of nitrogens with zero attached hydrogens (tertiary/aromatic N) is 4. The number of nitrogens with one attached hydrogen (secondary N) is 1. The van der Waals surface area contributed by atoms with Crippen molar-refractivity contribution in [3.63, 3.8) is 0 Å². The molecule has 0 aromatic carbocycles. The fourth-order valence-corrected chi connectivity index (χ4v) is 4.22. The summed E-state index contributed by atoms with van der Waals surface area (Å²) in [4.78, 5) is 17.1. The average Bonchev–Trinajstić information content (AvgIpc) is 3.19. The number of ether oxygens (including phenoxy) is 1. The highest BCUT2D eigenvalue weighted by Gasteiger charge is 2.24. The summed E-state index contributed by atoms with van der Waals surface area (Å²) in [5.74, 6) is -0.341. The molecule has 1 saturated heterocycles. The minimum Gasteiger partial charge on any atom is -0.609 e. The first-order valence-corrected chi connectivity index (χ1v) is 9.61. The topological polar surface area (TPSA) is 90.0 Å². The van der Waals surface area contributed by atoms with E-state index in [1.807, 2.05) is 15.7 Å². The Morgan fingerprint density at radius 1 is 1.33 bits per heavy atom. The lowest BCUT2D eigenvalue weighted by Gasteiger charge is -2.28. The van der Waals surface area contributed by atoms with Crippen molar-refractivity contribution in [1.82, 2.24) is 19.9 Å². The molecule has 1 aliphatic rings. The number of hydrogen-bond donors (Lipinski definition) is 1. The van der Waals surface area contributed by atoms with Gasteiger partial charge in [0.15, 0.2) is 17.4 Å². The van der Waals surface area contributed by atoms with Crippen LogP contribution in [-0.4, -0.2) is 50.8 Å². The quantitative estimate of drug-likeness (QED) is 0.706. The predicted molar refractivity (Wildman–Crippen MR) is 89.1 cm³/mol. The van der Waals surface area contributed by atoms with Gasteiger partial charge >= 0.3 is 5.16 Å². The molecule has 1 aliphatic heterocycles. The Balaban J connectivity index is 1.56. The second-order valence-electron chi connectivity index (χ2n) is 5.26. The van der Waals surface area contributed by atoms with Gasteiger partial charge in [0.05, 0.1) is 18.7 Å². The Morgan fingerprint density at radius 2 is 2.17 bits per heavy atom. The largest absolute Gasteiger partial charge is 0.609 e. The Morgan fingerprint density at radius 3 is 2.96 bits per heavy atom. The number of H-pyrrole nitrogens is 1.